The molecule has 1 rings (SSSR count). The molecule has 3 heteroatoms. The maximum Gasteiger partial charge on any atom is 0.252 e. The predicted octanol–water partition coefficient (Wildman–Crippen LogP) is 4.74. The van der Waals surface area contributed by atoms with Crippen molar-refractivity contribution in [3.63, 3.8) is 0 Å². The standard InChI is InChI=1S/C17H27NOS/c1-12(2)10-11-14(5)18-17(19)15-8-6-7-9-16(15)20-13(3)4/h6-9,12-14H,10-11H2,1-5H3,(H,18,19). The van der Waals surface area contributed by atoms with Gasteiger partial charge in [0.05, 0.1) is 5.56 Å². The van der Waals surface area contributed by atoms with Crippen molar-refractivity contribution in [3.05, 3.63) is 29.8 Å². The molecule has 112 valence electrons. The molecule has 0 aliphatic heterocycles. The van der Waals surface area contributed by atoms with Crippen molar-refractivity contribution >= 4 is 17.7 Å². The molecule has 0 aliphatic rings. The van der Waals surface area contributed by atoms with Crippen LogP contribution < -0.4 is 5.32 Å². The minimum Gasteiger partial charge on any atom is -0.350 e. The molecule has 0 bridgehead atoms. The zero-order valence-electron chi connectivity index (χ0n) is 13.3. The van der Waals surface area contributed by atoms with Crippen molar-refractivity contribution in [2.75, 3.05) is 0 Å². The monoisotopic (exact) mass is 293 g/mol. The number of amides is 1. The van der Waals surface area contributed by atoms with Crippen molar-refractivity contribution in [1.29, 1.82) is 0 Å². The van der Waals surface area contributed by atoms with E-state index in [9.17, 15) is 4.79 Å². The number of hydrogen-bond donors (Lipinski definition) is 1. The smallest absolute Gasteiger partial charge is 0.252 e. The summed E-state index contributed by atoms with van der Waals surface area (Å²) < 4.78 is 0. The topological polar surface area (TPSA) is 29.1 Å². The summed E-state index contributed by atoms with van der Waals surface area (Å²) in [5.74, 6) is 0.725. The second-order valence-corrected chi connectivity index (χ2v) is 7.63. The fourth-order valence-electron chi connectivity index (χ4n) is 1.97. The molecule has 1 amide bonds. The van der Waals surface area contributed by atoms with Crippen molar-refractivity contribution in [1.82, 2.24) is 5.32 Å². The lowest BCUT2D eigenvalue weighted by atomic mass is 10.0. The van der Waals surface area contributed by atoms with Gasteiger partial charge in [-0.15, -0.1) is 11.8 Å². The highest BCUT2D eigenvalue weighted by Gasteiger charge is 2.14. The van der Waals surface area contributed by atoms with Gasteiger partial charge < -0.3 is 5.32 Å². The van der Waals surface area contributed by atoms with Gasteiger partial charge in [0.15, 0.2) is 0 Å². The van der Waals surface area contributed by atoms with Crippen molar-refractivity contribution < 1.29 is 4.79 Å². The van der Waals surface area contributed by atoms with E-state index < -0.39 is 0 Å². The average molecular weight is 293 g/mol. The fourth-order valence-corrected chi connectivity index (χ4v) is 2.92. The third-order valence-corrected chi connectivity index (χ3v) is 4.13. The fraction of sp³-hybridized carbons (Fsp3) is 0.588. The van der Waals surface area contributed by atoms with Crippen molar-refractivity contribution in [2.24, 2.45) is 5.92 Å². The first-order valence-corrected chi connectivity index (χ1v) is 8.34. The van der Waals surface area contributed by atoms with Crippen LogP contribution >= 0.6 is 11.8 Å². The number of carbonyl (C=O) groups excluding carboxylic acids is 1. The molecule has 20 heavy (non-hydrogen) atoms. The molecular weight excluding hydrogens is 266 g/mol. The Morgan fingerprint density at radius 2 is 1.75 bits per heavy atom. The second kappa shape index (κ2) is 8.35. The molecule has 1 unspecified atom stereocenters. The Morgan fingerprint density at radius 1 is 1.10 bits per heavy atom. The van der Waals surface area contributed by atoms with Crippen LogP contribution in [-0.4, -0.2) is 17.2 Å². The van der Waals surface area contributed by atoms with Crippen molar-refractivity contribution in [3.8, 4) is 0 Å². The zero-order valence-corrected chi connectivity index (χ0v) is 14.1. The Kier molecular flexibility index (Phi) is 7.14. The summed E-state index contributed by atoms with van der Waals surface area (Å²) in [7, 11) is 0. The molecule has 0 saturated carbocycles. The zero-order chi connectivity index (χ0) is 15.1. The van der Waals surface area contributed by atoms with Gasteiger partial charge in [-0.25, -0.2) is 0 Å². The van der Waals surface area contributed by atoms with Crippen LogP contribution in [0.2, 0.25) is 0 Å². The van der Waals surface area contributed by atoms with E-state index in [0.29, 0.717) is 11.2 Å². The summed E-state index contributed by atoms with van der Waals surface area (Å²) in [6.45, 7) is 10.8. The molecule has 0 aliphatic carbocycles. The Balaban J connectivity index is 2.67. The van der Waals surface area contributed by atoms with E-state index in [1.54, 1.807) is 11.8 Å². The number of hydrogen-bond acceptors (Lipinski definition) is 2. The van der Waals surface area contributed by atoms with Crippen LogP contribution in [-0.2, 0) is 0 Å². The second-order valence-electron chi connectivity index (χ2n) is 6.01. The number of nitrogens with one attached hydrogen (secondary N) is 1. The molecule has 1 N–H and O–H groups in total. The van der Waals surface area contributed by atoms with E-state index in [-0.39, 0.29) is 11.9 Å². The summed E-state index contributed by atoms with van der Waals surface area (Å²) in [5, 5.41) is 3.59. The van der Waals surface area contributed by atoms with Crippen LogP contribution in [0.4, 0.5) is 0 Å². The Hall–Kier alpha value is -0.960. The Morgan fingerprint density at radius 3 is 2.35 bits per heavy atom. The lowest BCUT2D eigenvalue weighted by Gasteiger charge is -2.17. The van der Waals surface area contributed by atoms with E-state index in [1.807, 2.05) is 24.3 Å². The van der Waals surface area contributed by atoms with E-state index in [1.165, 1.54) is 0 Å². The molecule has 0 saturated heterocycles. The number of rotatable bonds is 7. The van der Waals surface area contributed by atoms with Gasteiger partial charge in [0.25, 0.3) is 5.91 Å². The van der Waals surface area contributed by atoms with Gasteiger partial charge in [0.1, 0.15) is 0 Å². The number of thioether (sulfide) groups is 1. The van der Waals surface area contributed by atoms with Gasteiger partial charge in [-0.1, -0.05) is 39.8 Å². The van der Waals surface area contributed by atoms with Crippen LogP contribution in [0.1, 0.15) is 57.8 Å². The Labute approximate surface area is 127 Å². The quantitative estimate of drug-likeness (QED) is 0.736. The van der Waals surface area contributed by atoms with Gasteiger partial charge in [0, 0.05) is 16.2 Å². The minimum absolute atomic E-state index is 0.0463. The summed E-state index contributed by atoms with van der Waals surface area (Å²) in [5.41, 5.74) is 0.794. The summed E-state index contributed by atoms with van der Waals surface area (Å²) in [6.07, 6.45) is 2.17. The van der Waals surface area contributed by atoms with Gasteiger partial charge in [0.2, 0.25) is 0 Å². The molecule has 0 fully saturated rings. The highest BCUT2D eigenvalue weighted by molar-refractivity contribution is 8.00. The van der Waals surface area contributed by atoms with Gasteiger partial charge >= 0.3 is 0 Å². The maximum atomic E-state index is 12.4. The normalized spacial score (nSPS) is 12.8. The van der Waals surface area contributed by atoms with Crippen LogP contribution in [0.15, 0.2) is 29.2 Å². The van der Waals surface area contributed by atoms with E-state index >= 15 is 0 Å². The first-order valence-electron chi connectivity index (χ1n) is 7.46. The molecule has 1 atom stereocenters. The summed E-state index contributed by atoms with van der Waals surface area (Å²) in [4.78, 5) is 13.4. The lowest BCUT2D eigenvalue weighted by molar-refractivity contribution is 0.0934. The average Bonchev–Trinajstić information content (AvgIpc) is 2.36. The maximum absolute atomic E-state index is 12.4. The largest absolute Gasteiger partial charge is 0.350 e. The van der Waals surface area contributed by atoms with Gasteiger partial charge in [-0.2, -0.15) is 0 Å². The van der Waals surface area contributed by atoms with Crippen LogP contribution in [0.5, 0.6) is 0 Å². The van der Waals surface area contributed by atoms with Crippen LogP contribution in [0.25, 0.3) is 0 Å². The van der Waals surface area contributed by atoms with E-state index in [4.69, 9.17) is 0 Å². The first kappa shape index (κ1) is 17.1. The third kappa shape index (κ3) is 6.00. The summed E-state index contributed by atoms with van der Waals surface area (Å²) >= 11 is 1.74. The molecule has 1 aromatic rings. The predicted molar refractivity (Wildman–Crippen MR) is 88.4 cm³/mol. The Bertz CT molecular complexity index is 429. The van der Waals surface area contributed by atoms with E-state index in [0.717, 1.165) is 23.3 Å². The molecule has 0 spiro atoms. The third-order valence-electron chi connectivity index (χ3n) is 3.05. The molecule has 1 aromatic carbocycles. The molecular formula is C17H27NOS. The molecule has 0 radical (unpaired) electrons. The lowest BCUT2D eigenvalue weighted by Crippen LogP contribution is -2.33. The van der Waals surface area contributed by atoms with Gasteiger partial charge in [-0.05, 0) is 37.8 Å². The minimum atomic E-state index is 0.0463. The molecule has 2 nitrogen and oxygen atoms in total. The van der Waals surface area contributed by atoms with Crippen LogP contribution in [0, 0.1) is 5.92 Å². The first-order chi connectivity index (χ1) is 9.40. The molecule has 0 heterocycles. The van der Waals surface area contributed by atoms with E-state index in [2.05, 4.69) is 39.9 Å². The highest BCUT2D eigenvalue weighted by Crippen LogP contribution is 2.26. The summed E-state index contributed by atoms with van der Waals surface area (Å²) in [6, 6.07) is 8.08. The highest BCUT2D eigenvalue weighted by atomic mass is 32.2. The SMILES string of the molecule is CC(C)CCC(C)NC(=O)c1ccccc1SC(C)C. The number of carbonyl (C=O) groups is 1. The van der Waals surface area contributed by atoms with Crippen molar-refractivity contribution in [2.45, 2.75) is 63.6 Å². The van der Waals surface area contributed by atoms with Gasteiger partial charge in [-0.3, -0.25) is 4.79 Å². The number of benzene rings is 1. The molecule has 0 aromatic heterocycles. The van der Waals surface area contributed by atoms with Crippen LogP contribution in [0.3, 0.4) is 0 Å².